The van der Waals surface area contributed by atoms with E-state index in [0.717, 1.165) is 19.3 Å². The predicted molar refractivity (Wildman–Crippen MR) is 60.0 cm³/mol. The van der Waals surface area contributed by atoms with Gasteiger partial charge < -0.3 is 5.11 Å². The van der Waals surface area contributed by atoms with Crippen molar-refractivity contribution < 1.29 is 23.1 Å². The molecule has 0 aliphatic carbocycles. The molecule has 0 aromatic carbocycles. The maximum absolute atomic E-state index is 12.0. The van der Waals surface area contributed by atoms with E-state index in [1.54, 1.807) is 4.90 Å². The molecule has 0 saturated carbocycles. The van der Waals surface area contributed by atoms with Gasteiger partial charge in [0.15, 0.2) is 0 Å². The van der Waals surface area contributed by atoms with E-state index in [0.29, 0.717) is 13.0 Å². The molecule has 0 aromatic heterocycles. The van der Waals surface area contributed by atoms with Crippen LogP contribution in [0.1, 0.15) is 25.7 Å². The Labute approximate surface area is 102 Å². The van der Waals surface area contributed by atoms with Crippen LogP contribution in [0.15, 0.2) is 0 Å². The lowest BCUT2D eigenvalue weighted by Crippen LogP contribution is -2.42. The maximum Gasteiger partial charge on any atom is 0.441 e. The third kappa shape index (κ3) is 5.63. The Morgan fingerprint density at radius 3 is 2.65 bits per heavy atom. The van der Waals surface area contributed by atoms with Gasteiger partial charge in [0.2, 0.25) is 0 Å². The fraction of sp³-hybridized carbons (Fsp3) is 0.900. The second-order valence-electron chi connectivity index (χ2n) is 4.03. The molecule has 17 heavy (non-hydrogen) atoms. The molecule has 7 heteroatoms. The second-order valence-corrected chi connectivity index (χ2v) is 5.19. The van der Waals surface area contributed by atoms with E-state index in [9.17, 15) is 18.0 Å². The minimum absolute atomic E-state index is 0.0868. The summed E-state index contributed by atoms with van der Waals surface area (Å²) in [6.45, 7) is 0.760. The first-order valence-corrected chi connectivity index (χ1v) is 6.56. The number of halogens is 3. The van der Waals surface area contributed by atoms with Gasteiger partial charge >= 0.3 is 11.5 Å². The Kier molecular flexibility index (Phi) is 5.58. The first-order chi connectivity index (χ1) is 7.90. The number of carboxylic acids is 1. The van der Waals surface area contributed by atoms with E-state index in [1.165, 1.54) is 0 Å². The molecule has 1 atom stereocenters. The average molecular weight is 271 g/mol. The van der Waals surface area contributed by atoms with Crippen LogP contribution in [-0.2, 0) is 4.79 Å². The summed E-state index contributed by atoms with van der Waals surface area (Å²) in [6, 6.07) is -0.619. The minimum Gasteiger partial charge on any atom is -0.480 e. The van der Waals surface area contributed by atoms with Crippen molar-refractivity contribution >= 4 is 17.7 Å². The van der Waals surface area contributed by atoms with Crippen LogP contribution in [0.5, 0.6) is 0 Å². The van der Waals surface area contributed by atoms with Crippen molar-refractivity contribution in [3.63, 3.8) is 0 Å². The van der Waals surface area contributed by atoms with Gasteiger partial charge in [-0.15, -0.1) is 0 Å². The van der Waals surface area contributed by atoms with E-state index >= 15 is 0 Å². The van der Waals surface area contributed by atoms with Gasteiger partial charge in [0.25, 0.3) is 0 Å². The lowest BCUT2D eigenvalue weighted by molar-refractivity contribution is -0.143. The van der Waals surface area contributed by atoms with Crippen LogP contribution < -0.4 is 0 Å². The molecule has 0 amide bonds. The molecule has 1 unspecified atom stereocenters. The van der Waals surface area contributed by atoms with Crippen molar-refractivity contribution in [3.05, 3.63) is 0 Å². The Morgan fingerprint density at radius 1 is 1.35 bits per heavy atom. The Hall–Kier alpha value is -0.430. The SMILES string of the molecule is O=C(O)C1CCCCCN1CCSC(F)(F)F. The number of thioether (sulfide) groups is 1. The molecular formula is C10H16F3NO2S. The highest BCUT2D eigenvalue weighted by atomic mass is 32.2. The zero-order valence-electron chi connectivity index (χ0n) is 9.37. The molecule has 0 radical (unpaired) electrons. The number of hydrogen-bond donors (Lipinski definition) is 1. The van der Waals surface area contributed by atoms with Gasteiger partial charge in [0.1, 0.15) is 6.04 Å². The third-order valence-electron chi connectivity index (χ3n) is 2.79. The number of carboxylic acid groups (broad SMARTS) is 1. The molecule has 0 spiro atoms. The zero-order valence-corrected chi connectivity index (χ0v) is 10.2. The van der Waals surface area contributed by atoms with Gasteiger partial charge in [0, 0.05) is 12.3 Å². The molecule has 100 valence electrons. The number of likely N-dealkylation sites (tertiary alicyclic amines) is 1. The normalized spacial score (nSPS) is 23.4. The molecule has 3 nitrogen and oxygen atoms in total. The van der Waals surface area contributed by atoms with Crippen LogP contribution in [0.2, 0.25) is 0 Å². The van der Waals surface area contributed by atoms with Gasteiger partial charge in [-0.05, 0) is 31.1 Å². The molecule has 0 bridgehead atoms. The third-order valence-corrected chi connectivity index (χ3v) is 3.51. The predicted octanol–water partition coefficient (Wildman–Crippen LogP) is 2.57. The van der Waals surface area contributed by atoms with E-state index in [4.69, 9.17) is 5.11 Å². The van der Waals surface area contributed by atoms with Crippen LogP contribution in [-0.4, -0.2) is 46.4 Å². The second kappa shape index (κ2) is 6.49. The monoisotopic (exact) mass is 271 g/mol. The van der Waals surface area contributed by atoms with E-state index in [1.807, 2.05) is 0 Å². The van der Waals surface area contributed by atoms with Crippen molar-refractivity contribution in [2.24, 2.45) is 0 Å². The Balaban J connectivity index is 2.44. The van der Waals surface area contributed by atoms with Gasteiger partial charge in [-0.3, -0.25) is 9.69 Å². The lowest BCUT2D eigenvalue weighted by atomic mass is 10.1. The van der Waals surface area contributed by atoms with Crippen LogP contribution >= 0.6 is 11.8 Å². The summed E-state index contributed by atoms with van der Waals surface area (Å²) in [7, 11) is 0. The number of rotatable bonds is 4. The van der Waals surface area contributed by atoms with E-state index in [2.05, 4.69) is 0 Å². The summed E-state index contributed by atoms with van der Waals surface area (Å²) >= 11 is -0.0868. The molecule has 1 heterocycles. The Morgan fingerprint density at radius 2 is 2.06 bits per heavy atom. The standard InChI is InChI=1S/C10H16F3NO2S/c11-10(12,13)17-7-6-14-5-3-1-2-4-8(14)9(15)16/h8H,1-7H2,(H,15,16). The number of hydrogen-bond acceptors (Lipinski definition) is 3. The zero-order chi connectivity index (χ0) is 12.9. The molecule has 1 N–H and O–H groups in total. The van der Waals surface area contributed by atoms with Crippen LogP contribution in [0.25, 0.3) is 0 Å². The first-order valence-electron chi connectivity index (χ1n) is 5.58. The lowest BCUT2D eigenvalue weighted by Gasteiger charge is -2.26. The summed E-state index contributed by atoms with van der Waals surface area (Å²) in [4.78, 5) is 12.7. The smallest absolute Gasteiger partial charge is 0.441 e. The fourth-order valence-corrected chi connectivity index (χ4v) is 2.55. The first kappa shape index (κ1) is 14.6. The van der Waals surface area contributed by atoms with Crippen LogP contribution in [0.3, 0.4) is 0 Å². The molecule has 0 aromatic rings. The Bertz CT molecular complexity index is 260. The van der Waals surface area contributed by atoms with E-state index < -0.39 is 17.5 Å². The number of alkyl halides is 3. The van der Waals surface area contributed by atoms with Gasteiger partial charge in [-0.1, -0.05) is 12.8 Å². The highest BCUT2D eigenvalue weighted by Gasteiger charge is 2.30. The highest BCUT2D eigenvalue weighted by molar-refractivity contribution is 8.00. The van der Waals surface area contributed by atoms with Gasteiger partial charge in [-0.2, -0.15) is 13.2 Å². The molecular weight excluding hydrogens is 255 g/mol. The summed E-state index contributed by atoms with van der Waals surface area (Å²) in [5, 5.41) is 9.02. The molecule has 1 aliphatic rings. The van der Waals surface area contributed by atoms with Crippen molar-refractivity contribution in [3.8, 4) is 0 Å². The molecule has 1 aliphatic heterocycles. The van der Waals surface area contributed by atoms with E-state index in [-0.39, 0.29) is 24.1 Å². The highest BCUT2D eigenvalue weighted by Crippen LogP contribution is 2.30. The van der Waals surface area contributed by atoms with Gasteiger partial charge in [-0.25, -0.2) is 0 Å². The van der Waals surface area contributed by atoms with Crippen molar-refractivity contribution in [2.45, 2.75) is 37.2 Å². The number of aliphatic carboxylic acids is 1. The summed E-state index contributed by atoms with van der Waals surface area (Å²) in [5.41, 5.74) is -4.23. The molecule has 1 fully saturated rings. The summed E-state index contributed by atoms with van der Waals surface area (Å²) in [6.07, 6.45) is 3.18. The molecule has 1 rings (SSSR count). The summed E-state index contributed by atoms with van der Waals surface area (Å²) < 4.78 is 35.9. The van der Waals surface area contributed by atoms with Crippen molar-refractivity contribution in [1.82, 2.24) is 4.90 Å². The largest absolute Gasteiger partial charge is 0.480 e. The molecule has 1 saturated heterocycles. The van der Waals surface area contributed by atoms with Crippen molar-refractivity contribution in [2.75, 3.05) is 18.8 Å². The number of nitrogens with zero attached hydrogens (tertiary/aromatic N) is 1. The van der Waals surface area contributed by atoms with Crippen LogP contribution in [0, 0.1) is 0 Å². The quantitative estimate of drug-likeness (QED) is 0.853. The fourth-order valence-electron chi connectivity index (χ4n) is 1.99. The number of carbonyl (C=O) groups is 1. The van der Waals surface area contributed by atoms with Gasteiger partial charge in [0.05, 0.1) is 0 Å². The maximum atomic E-state index is 12.0. The van der Waals surface area contributed by atoms with Crippen LogP contribution in [0.4, 0.5) is 13.2 Å². The topological polar surface area (TPSA) is 40.5 Å². The minimum atomic E-state index is -4.23. The average Bonchev–Trinajstić information content (AvgIpc) is 2.41. The summed E-state index contributed by atoms with van der Waals surface area (Å²) in [5.74, 6) is -1.03. The van der Waals surface area contributed by atoms with Crippen molar-refractivity contribution in [1.29, 1.82) is 0 Å².